The van der Waals surface area contributed by atoms with Crippen LogP contribution in [0.3, 0.4) is 0 Å². The van der Waals surface area contributed by atoms with Gasteiger partial charge in [-0.1, -0.05) is 43.7 Å². The molecule has 2 aromatic rings. The molecule has 0 radical (unpaired) electrons. The van der Waals surface area contributed by atoms with Crippen molar-refractivity contribution in [1.82, 2.24) is 10.3 Å². The summed E-state index contributed by atoms with van der Waals surface area (Å²) in [5.74, 6) is -1.01. The first-order chi connectivity index (χ1) is 9.72. The van der Waals surface area contributed by atoms with Gasteiger partial charge < -0.3 is 5.32 Å². The summed E-state index contributed by atoms with van der Waals surface area (Å²) in [5, 5.41) is 2.88. The first kappa shape index (κ1) is 14.2. The molecule has 3 nitrogen and oxygen atoms in total. The standard InChI is InChI=1S/C16H17FN2O/c1-2-6-15(12-7-4-3-5-8-12)19-16(20)13-9-10-18-11-14(13)17/h3-5,7-11,15H,2,6H2,1H3,(H,19,20)/t15-/m0/s1. The Bertz CT molecular complexity index is 572. The molecule has 0 aliphatic rings. The summed E-state index contributed by atoms with van der Waals surface area (Å²) in [6.45, 7) is 2.05. The Labute approximate surface area is 117 Å². The molecular formula is C16H17FN2O. The number of nitrogens with one attached hydrogen (secondary N) is 1. The third-order valence-electron chi connectivity index (χ3n) is 3.10. The Kier molecular flexibility index (Phi) is 4.82. The van der Waals surface area contributed by atoms with Crippen molar-refractivity contribution in [2.24, 2.45) is 0 Å². The molecule has 0 saturated carbocycles. The number of halogens is 1. The molecule has 1 heterocycles. The van der Waals surface area contributed by atoms with Gasteiger partial charge >= 0.3 is 0 Å². The van der Waals surface area contributed by atoms with E-state index in [-0.39, 0.29) is 11.6 Å². The second-order valence-corrected chi connectivity index (χ2v) is 4.58. The molecule has 104 valence electrons. The number of benzene rings is 1. The van der Waals surface area contributed by atoms with Crippen molar-refractivity contribution in [3.8, 4) is 0 Å². The van der Waals surface area contributed by atoms with E-state index in [1.54, 1.807) is 0 Å². The lowest BCUT2D eigenvalue weighted by molar-refractivity contribution is 0.0930. The molecule has 0 saturated heterocycles. The number of amides is 1. The number of hydrogen-bond donors (Lipinski definition) is 1. The van der Waals surface area contributed by atoms with Crippen molar-refractivity contribution in [2.45, 2.75) is 25.8 Å². The molecule has 0 fully saturated rings. The summed E-state index contributed by atoms with van der Waals surface area (Å²) >= 11 is 0. The number of pyridine rings is 1. The molecule has 1 N–H and O–H groups in total. The molecule has 0 unspecified atom stereocenters. The van der Waals surface area contributed by atoms with Crippen LogP contribution >= 0.6 is 0 Å². The zero-order chi connectivity index (χ0) is 14.4. The highest BCUT2D eigenvalue weighted by atomic mass is 19.1. The van der Waals surface area contributed by atoms with Gasteiger partial charge in [-0.15, -0.1) is 0 Å². The van der Waals surface area contributed by atoms with E-state index in [0.29, 0.717) is 0 Å². The monoisotopic (exact) mass is 272 g/mol. The van der Waals surface area contributed by atoms with E-state index in [9.17, 15) is 9.18 Å². The first-order valence-corrected chi connectivity index (χ1v) is 6.67. The van der Waals surface area contributed by atoms with Gasteiger partial charge in [-0.2, -0.15) is 0 Å². The maximum absolute atomic E-state index is 13.6. The molecule has 0 bridgehead atoms. The molecule has 1 aromatic heterocycles. The van der Waals surface area contributed by atoms with Crippen LogP contribution in [0.4, 0.5) is 4.39 Å². The highest BCUT2D eigenvalue weighted by molar-refractivity contribution is 5.94. The van der Waals surface area contributed by atoms with E-state index >= 15 is 0 Å². The molecule has 20 heavy (non-hydrogen) atoms. The van der Waals surface area contributed by atoms with Crippen molar-refractivity contribution in [1.29, 1.82) is 0 Å². The van der Waals surface area contributed by atoms with E-state index in [4.69, 9.17) is 0 Å². The summed E-state index contributed by atoms with van der Waals surface area (Å²) in [7, 11) is 0. The molecule has 0 spiro atoms. The van der Waals surface area contributed by atoms with Crippen LogP contribution in [0.15, 0.2) is 48.8 Å². The van der Waals surface area contributed by atoms with Gasteiger partial charge in [-0.05, 0) is 18.1 Å². The summed E-state index contributed by atoms with van der Waals surface area (Å²) in [6, 6.07) is 11.0. The lowest BCUT2D eigenvalue weighted by Crippen LogP contribution is -2.29. The van der Waals surface area contributed by atoms with Crippen LogP contribution in [-0.4, -0.2) is 10.9 Å². The highest BCUT2D eigenvalue weighted by Crippen LogP contribution is 2.19. The number of hydrogen-bond acceptors (Lipinski definition) is 2. The third-order valence-corrected chi connectivity index (χ3v) is 3.10. The van der Waals surface area contributed by atoms with Gasteiger partial charge in [-0.3, -0.25) is 9.78 Å². The topological polar surface area (TPSA) is 42.0 Å². The zero-order valence-corrected chi connectivity index (χ0v) is 11.3. The molecule has 4 heteroatoms. The minimum atomic E-state index is -0.603. The largest absolute Gasteiger partial charge is 0.345 e. The van der Waals surface area contributed by atoms with Crippen LogP contribution in [0.2, 0.25) is 0 Å². The van der Waals surface area contributed by atoms with E-state index in [2.05, 4.69) is 17.2 Å². The van der Waals surface area contributed by atoms with Crippen molar-refractivity contribution in [3.63, 3.8) is 0 Å². The summed E-state index contributed by atoms with van der Waals surface area (Å²) in [5.41, 5.74) is 1.05. The molecular weight excluding hydrogens is 255 g/mol. The van der Waals surface area contributed by atoms with Gasteiger partial charge in [0.2, 0.25) is 0 Å². The van der Waals surface area contributed by atoms with Gasteiger partial charge in [0.05, 0.1) is 17.8 Å². The summed E-state index contributed by atoms with van der Waals surface area (Å²) in [4.78, 5) is 15.8. The van der Waals surface area contributed by atoms with Crippen LogP contribution in [0.1, 0.15) is 41.7 Å². The lowest BCUT2D eigenvalue weighted by atomic mass is 10.0. The van der Waals surface area contributed by atoms with Crippen molar-refractivity contribution < 1.29 is 9.18 Å². The minimum absolute atomic E-state index is 0.0250. The number of carbonyl (C=O) groups is 1. The number of nitrogens with zero attached hydrogens (tertiary/aromatic N) is 1. The minimum Gasteiger partial charge on any atom is -0.345 e. The normalized spacial score (nSPS) is 11.9. The summed E-state index contributed by atoms with van der Waals surface area (Å²) in [6.07, 6.45) is 4.20. The maximum atomic E-state index is 13.6. The molecule has 2 rings (SSSR count). The predicted octanol–water partition coefficient (Wildman–Crippen LogP) is 3.49. The predicted molar refractivity (Wildman–Crippen MR) is 75.8 cm³/mol. The second-order valence-electron chi connectivity index (χ2n) is 4.58. The average Bonchev–Trinajstić information content (AvgIpc) is 2.48. The third kappa shape index (κ3) is 3.41. The van der Waals surface area contributed by atoms with Crippen LogP contribution in [0.5, 0.6) is 0 Å². The SMILES string of the molecule is CCC[C@H](NC(=O)c1ccncc1F)c1ccccc1. The Balaban J connectivity index is 2.17. The maximum Gasteiger partial charge on any atom is 0.254 e. The summed E-state index contributed by atoms with van der Waals surface area (Å²) < 4.78 is 13.6. The fourth-order valence-electron chi connectivity index (χ4n) is 2.09. The Morgan fingerprint density at radius 3 is 2.70 bits per heavy atom. The van der Waals surface area contributed by atoms with Crippen LogP contribution in [-0.2, 0) is 0 Å². The van der Waals surface area contributed by atoms with Crippen molar-refractivity contribution in [3.05, 3.63) is 65.7 Å². The molecule has 1 atom stereocenters. The number of rotatable bonds is 5. The lowest BCUT2D eigenvalue weighted by Gasteiger charge is -2.18. The number of aromatic nitrogens is 1. The van der Waals surface area contributed by atoms with Gasteiger partial charge in [-0.25, -0.2) is 4.39 Å². The van der Waals surface area contributed by atoms with Crippen LogP contribution < -0.4 is 5.32 Å². The van der Waals surface area contributed by atoms with E-state index < -0.39 is 11.7 Å². The zero-order valence-electron chi connectivity index (χ0n) is 11.3. The van der Waals surface area contributed by atoms with Crippen molar-refractivity contribution >= 4 is 5.91 Å². The second kappa shape index (κ2) is 6.80. The van der Waals surface area contributed by atoms with E-state index in [0.717, 1.165) is 24.6 Å². The van der Waals surface area contributed by atoms with E-state index in [1.165, 1.54) is 12.3 Å². The van der Waals surface area contributed by atoms with Gasteiger partial charge in [0.15, 0.2) is 5.82 Å². The Morgan fingerprint density at radius 1 is 1.30 bits per heavy atom. The first-order valence-electron chi connectivity index (χ1n) is 6.67. The van der Waals surface area contributed by atoms with Crippen LogP contribution in [0, 0.1) is 5.82 Å². The van der Waals surface area contributed by atoms with Crippen LogP contribution in [0.25, 0.3) is 0 Å². The Hall–Kier alpha value is -2.23. The molecule has 1 aromatic carbocycles. The quantitative estimate of drug-likeness (QED) is 0.905. The van der Waals surface area contributed by atoms with Gasteiger partial charge in [0, 0.05) is 6.20 Å². The Morgan fingerprint density at radius 2 is 2.05 bits per heavy atom. The average molecular weight is 272 g/mol. The van der Waals surface area contributed by atoms with E-state index in [1.807, 2.05) is 30.3 Å². The molecule has 0 aliphatic carbocycles. The molecule has 0 aliphatic heterocycles. The highest BCUT2D eigenvalue weighted by Gasteiger charge is 2.17. The van der Waals surface area contributed by atoms with Gasteiger partial charge in [0.25, 0.3) is 5.91 Å². The molecule has 1 amide bonds. The number of carbonyl (C=O) groups excluding carboxylic acids is 1. The fourth-order valence-corrected chi connectivity index (χ4v) is 2.09. The van der Waals surface area contributed by atoms with Gasteiger partial charge in [0.1, 0.15) is 0 Å². The fraction of sp³-hybridized carbons (Fsp3) is 0.250. The smallest absolute Gasteiger partial charge is 0.254 e. The van der Waals surface area contributed by atoms with Crippen molar-refractivity contribution in [2.75, 3.05) is 0 Å².